The van der Waals surface area contributed by atoms with Crippen molar-refractivity contribution in [1.82, 2.24) is 0 Å². The molecule has 3 aromatic carbocycles. The third-order valence-electron chi connectivity index (χ3n) is 5.78. The van der Waals surface area contributed by atoms with E-state index in [4.69, 9.17) is 14.2 Å². The highest BCUT2D eigenvalue weighted by Crippen LogP contribution is 2.51. The van der Waals surface area contributed by atoms with Crippen LogP contribution in [0.15, 0.2) is 41.3 Å². The van der Waals surface area contributed by atoms with Crippen molar-refractivity contribution in [1.29, 1.82) is 5.26 Å². The van der Waals surface area contributed by atoms with E-state index in [0.717, 1.165) is 40.0 Å². The fraction of sp³-hybridized carbons (Fsp3) is 0.292. The second kappa shape index (κ2) is 7.88. The van der Waals surface area contributed by atoms with Gasteiger partial charge in [-0.05, 0) is 60.1 Å². The van der Waals surface area contributed by atoms with Crippen molar-refractivity contribution in [2.45, 2.75) is 23.7 Å². The van der Waals surface area contributed by atoms with Crippen molar-refractivity contribution in [3.05, 3.63) is 58.7 Å². The van der Waals surface area contributed by atoms with Crippen LogP contribution in [0.1, 0.15) is 34.6 Å². The van der Waals surface area contributed by atoms with Crippen LogP contribution >= 0.6 is 11.8 Å². The van der Waals surface area contributed by atoms with Crippen molar-refractivity contribution in [2.24, 2.45) is 0 Å². The smallest absolute Gasteiger partial charge is 0.128 e. The quantitative estimate of drug-likeness (QED) is 0.522. The molecule has 4 nitrogen and oxygen atoms in total. The Kier molecular flexibility index (Phi) is 5.29. The van der Waals surface area contributed by atoms with Gasteiger partial charge in [0, 0.05) is 21.6 Å². The lowest BCUT2D eigenvalue weighted by atomic mass is 9.89. The van der Waals surface area contributed by atoms with Gasteiger partial charge in [-0.1, -0.05) is 12.1 Å². The third-order valence-corrected chi connectivity index (χ3v) is 6.62. The minimum Gasteiger partial charge on any atom is -0.497 e. The minimum atomic E-state index is 0.241. The molecule has 0 aromatic heterocycles. The predicted octanol–water partition coefficient (Wildman–Crippen LogP) is 5.54. The zero-order valence-corrected chi connectivity index (χ0v) is 17.9. The maximum absolute atomic E-state index is 10.1. The summed E-state index contributed by atoms with van der Waals surface area (Å²) in [6.07, 6.45) is 3.98. The predicted molar refractivity (Wildman–Crippen MR) is 117 cm³/mol. The van der Waals surface area contributed by atoms with Crippen LogP contribution in [0.3, 0.4) is 0 Å². The topological polar surface area (TPSA) is 51.5 Å². The Labute approximate surface area is 175 Å². The van der Waals surface area contributed by atoms with Crippen LogP contribution in [0, 0.1) is 11.3 Å². The largest absolute Gasteiger partial charge is 0.497 e. The van der Waals surface area contributed by atoms with E-state index in [1.54, 1.807) is 33.1 Å². The van der Waals surface area contributed by atoms with Crippen molar-refractivity contribution < 1.29 is 14.2 Å². The number of nitriles is 1. The number of hydrogen-bond acceptors (Lipinski definition) is 5. The molecule has 1 aliphatic rings. The van der Waals surface area contributed by atoms with Gasteiger partial charge in [-0.15, -0.1) is 11.8 Å². The molecule has 0 saturated carbocycles. The molecule has 0 N–H and O–H groups in total. The summed E-state index contributed by atoms with van der Waals surface area (Å²) in [6, 6.07) is 14.5. The molecule has 5 heteroatoms. The summed E-state index contributed by atoms with van der Waals surface area (Å²) in [6.45, 7) is 0. The van der Waals surface area contributed by atoms with E-state index in [-0.39, 0.29) is 5.92 Å². The first kappa shape index (κ1) is 19.5. The van der Waals surface area contributed by atoms with Crippen LogP contribution in [-0.4, -0.2) is 27.6 Å². The first-order chi connectivity index (χ1) is 14.2. The zero-order chi connectivity index (χ0) is 20.5. The van der Waals surface area contributed by atoms with Crippen molar-refractivity contribution in [3.8, 4) is 23.3 Å². The van der Waals surface area contributed by atoms with Crippen LogP contribution in [0.4, 0.5) is 0 Å². The summed E-state index contributed by atoms with van der Waals surface area (Å²) in [7, 11) is 5.00. The van der Waals surface area contributed by atoms with Gasteiger partial charge in [0.25, 0.3) is 0 Å². The number of nitrogens with zero attached hydrogens (tertiary/aromatic N) is 1. The molecule has 1 unspecified atom stereocenters. The fourth-order valence-electron chi connectivity index (χ4n) is 4.52. The van der Waals surface area contributed by atoms with Crippen molar-refractivity contribution in [2.75, 3.05) is 27.6 Å². The number of thioether (sulfide) groups is 1. The lowest BCUT2D eigenvalue weighted by molar-refractivity contribution is 0.410. The Hall–Kier alpha value is -2.84. The Balaban J connectivity index is 2.06. The number of methoxy groups -OCH3 is 3. The van der Waals surface area contributed by atoms with Gasteiger partial charge in [-0.25, -0.2) is 0 Å². The van der Waals surface area contributed by atoms with Crippen LogP contribution in [0.25, 0.3) is 10.8 Å². The number of ether oxygens (including phenoxy) is 3. The first-order valence-electron chi connectivity index (χ1n) is 9.49. The maximum Gasteiger partial charge on any atom is 0.128 e. The Morgan fingerprint density at radius 1 is 0.931 bits per heavy atom. The zero-order valence-electron chi connectivity index (χ0n) is 17.0. The Bertz CT molecular complexity index is 1120. The number of benzene rings is 3. The first-order valence-corrected chi connectivity index (χ1v) is 10.7. The van der Waals surface area contributed by atoms with Gasteiger partial charge in [-0.2, -0.15) is 5.26 Å². The molecule has 0 bridgehead atoms. The van der Waals surface area contributed by atoms with E-state index < -0.39 is 0 Å². The van der Waals surface area contributed by atoms with Crippen LogP contribution < -0.4 is 14.2 Å². The monoisotopic (exact) mass is 405 g/mol. The summed E-state index contributed by atoms with van der Waals surface area (Å²) in [4.78, 5) is 1.04. The van der Waals surface area contributed by atoms with Gasteiger partial charge < -0.3 is 14.2 Å². The normalized spacial score (nSPS) is 15.1. The van der Waals surface area contributed by atoms with Gasteiger partial charge in [0.2, 0.25) is 0 Å². The second-order valence-corrected chi connectivity index (χ2v) is 7.81. The molecule has 3 aromatic rings. The van der Waals surface area contributed by atoms with E-state index in [9.17, 15) is 5.26 Å². The van der Waals surface area contributed by atoms with E-state index in [1.807, 2.05) is 30.5 Å². The molecule has 0 radical (unpaired) electrons. The van der Waals surface area contributed by atoms with Crippen molar-refractivity contribution in [3.63, 3.8) is 0 Å². The Morgan fingerprint density at radius 2 is 1.59 bits per heavy atom. The molecular formula is C24H23NO3S. The van der Waals surface area contributed by atoms with Crippen molar-refractivity contribution >= 4 is 22.5 Å². The Morgan fingerprint density at radius 3 is 2.14 bits per heavy atom. The van der Waals surface area contributed by atoms with Crippen LogP contribution in [0.2, 0.25) is 0 Å². The molecule has 29 heavy (non-hydrogen) atoms. The lowest BCUT2D eigenvalue weighted by Gasteiger charge is -2.21. The highest BCUT2D eigenvalue weighted by atomic mass is 32.2. The van der Waals surface area contributed by atoms with Gasteiger partial charge in [0.1, 0.15) is 23.3 Å². The summed E-state index contributed by atoms with van der Waals surface area (Å²) in [5, 5.41) is 12.0. The molecule has 0 fully saturated rings. The van der Waals surface area contributed by atoms with Gasteiger partial charge in [0.15, 0.2) is 0 Å². The number of fused-ring (bicyclic) bond motifs is 3. The number of hydrogen-bond donors (Lipinski definition) is 0. The summed E-state index contributed by atoms with van der Waals surface area (Å²) in [5.74, 6) is 2.59. The highest BCUT2D eigenvalue weighted by Gasteiger charge is 2.33. The average Bonchev–Trinajstić information content (AvgIpc) is 3.22. The average molecular weight is 406 g/mol. The highest BCUT2D eigenvalue weighted by molar-refractivity contribution is 7.98. The van der Waals surface area contributed by atoms with E-state index >= 15 is 0 Å². The van der Waals surface area contributed by atoms with Gasteiger partial charge in [-0.3, -0.25) is 0 Å². The summed E-state index contributed by atoms with van der Waals surface area (Å²) >= 11 is 1.64. The molecule has 4 rings (SSSR count). The summed E-state index contributed by atoms with van der Waals surface area (Å²) < 4.78 is 16.7. The molecule has 1 aliphatic carbocycles. The molecule has 0 heterocycles. The molecule has 148 valence electrons. The minimum absolute atomic E-state index is 0.241. The molecular weight excluding hydrogens is 382 g/mol. The number of aryl methyl sites for hydroxylation is 1. The van der Waals surface area contributed by atoms with E-state index in [1.165, 1.54) is 16.7 Å². The third kappa shape index (κ3) is 2.99. The standard InChI is InChI=1S/C24H23NO3S/c1-26-15-7-5-14(6-8-15)16-9-10-17-21(16)24(29-4)18(13-25)23-20(28-3)12-11-19(27-2)22(17)23/h5-8,11-12,16H,9-10H2,1-4H3. The molecule has 0 amide bonds. The van der Waals surface area contributed by atoms with E-state index in [2.05, 4.69) is 18.2 Å². The van der Waals surface area contributed by atoms with Crippen LogP contribution in [0.5, 0.6) is 17.2 Å². The molecule has 0 aliphatic heterocycles. The maximum atomic E-state index is 10.1. The summed E-state index contributed by atoms with van der Waals surface area (Å²) in [5.41, 5.74) is 4.42. The molecule has 1 atom stereocenters. The van der Waals surface area contributed by atoms with Crippen LogP contribution in [-0.2, 0) is 6.42 Å². The van der Waals surface area contributed by atoms with Gasteiger partial charge in [0.05, 0.1) is 26.9 Å². The SMILES string of the molecule is COc1ccc(C2CCc3c2c(SC)c(C#N)c2c(OC)ccc(OC)c32)cc1. The van der Waals surface area contributed by atoms with E-state index in [0.29, 0.717) is 11.3 Å². The molecule has 0 spiro atoms. The molecule has 0 saturated heterocycles. The number of rotatable bonds is 5. The second-order valence-electron chi connectivity index (χ2n) is 7.00. The fourth-order valence-corrected chi connectivity index (χ4v) is 5.36. The lowest BCUT2D eigenvalue weighted by Crippen LogP contribution is -2.03. The van der Waals surface area contributed by atoms with Gasteiger partial charge >= 0.3 is 0 Å².